The van der Waals surface area contributed by atoms with Gasteiger partial charge < -0.3 is 19.0 Å². The average molecular weight is 389 g/mol. The summed E-state index contributed by atoms with van der Waals surface area (Å²) in [6, 6.07) is 8.81. The van der Waals surface area contributed by atoms with Gasteiger partial charge in [-0.15, -0.1) is 0 Å². The van der Waals surface area contributed by atoms with Gasteiger partial charge in [0, 0.05) is 22.3 Å². The molecule has 0 atom stereocenters. The van der Waals surface area contributed by atoms with Crippen LogP contribution in [0.1, 0.15) is 37.9 Å². The lowest BCUT2D eigenvalue weighted by atomic mass is 10.1. The Labute approximate surface area is 160 Å². The summed E-state index contributed by atoms with van der Waals surface area (Å²) in [5.41, 5.74) is 2.98. The van der Waals surface area contributed by atoms with Gasteiger partial charge in [0.15, 0.2) is 12.4 Å². The van der Waals surface area contributed by atoms with Crippen molar-refractivity contribution in [3.8, 4) is 11.3 Å². The van der Waals surface area contributed by atoms with Crippen molar-refractivity contribution in [2.45, 2.75) is 20.5 Å². The number of benzene rings is 1. The van der Waals surface area contributed by atoms with Crippen LogP contribution in [0.4, 0.5) is 0 Å². The highest BCUT2D eigenvalue weighted by Gasteiger charge is 2.23. The van der Waals surface area contributed by atoms with Crippen molar-refractivity contribution < 1.29 is 23.6 Å². The Morgan fingerprint density at radius 3 is 2.56 bits per heavy atom. The van der Waals surface area contributed by atoms with Crippen molar-refractivity contribution in [1.29, 1.82) is 0 Å². The molecule has 0 amide bonds. The van der Waals surface area contributed by atoms with Crippen LogP contribution in [0.3, 0.4) is 0 Å². The van der Waals surface area contributed by atoms with E-state index in [2.05, 4.69) is 10.1 Å². The fraction of sp³-hybridized carbons (Fsp3) is 0.211. The van der Waals surface area contributed by atoms with E-state index in [1.807, 2.05) is 12.1 Å². The zero-order chi connectivity index (χ0) is 19.6. The van der Waals surface area contributed by atoms with Gasteiger partial charge in [-0.2, -0.15) is 0 Å². The molecule has 7 nitrogen and oxygen atoms in total. The van der Waals surface area contributed by atoms with Crippen LogP contribution < -0.4 is 0 Å². The Kier molecular flexibility index (Phi) is 5.32. The van der Waals surface area contributed by atoms with Crippen molar-refractivity contribution in [3.05, 3.63) is 63.6 Å². The SMILES string of the molecule is COC(=O)c1c(C)[nH]c(C(=O)OCc2cc(-c3ccc(Cl)cc3)no2)c1C. The second-order valence-electron chi connectivity index (χ2n) is 5.88. The Hall–Kier alpha value is -3.06. The summed E-state index contributed by atoms with van der Waals surface area (Å²) in [6.45, 7) is 3.24. The molecule has 0 fully saturated rings. The molecule has 0 spiro atoms. The molecule has 8 heteroatoms. The number of carbonyl (C=O) groups excluding carboxylic acids is 2. The molecule has 2 heterocycles. The van der Waals surface area contributed by atoms with Crippen molar-refractivity contribution in [2.75, 3.05) is 7.11 Å². The van der Waals surface area contributed by atoms with E-state index in [9.17, 15) is 9.59 Å². The van der Waals surface area contributed by atoms with Gasteiger partial charge in [0.2, 0.25) is 0 Å². The van der Waals surface area contributed by atoms with Crippen molar-refractivity contribution in [2.24, 2.45) is 0 Å². The highest BCUT2D eigenvalue weighted by Crippen LogP contribution is 2.23. The first-order valence-electron chi connectivity index (χ1n) is 8.06. The fourth-order valence-electron chi connectivity index (χ4n) is 2.71. The van der Waals surface area contributed by atoms with E-state index in [1.54, 1.807) is 32.0 Å². The maximum Gasteiger partial charge on any atom is 0.355 e. The summed E-state index contributed by atoms with van der Waals surface area (Å²) in [6.07, 6.45) is 0. The molecule has 0 radical (unpaired) electrons. The number of aromatic amines is 1. The quantitative estimate of drug-likeness (QED) is 0.661. The van der Waals surface area contributed by atoms with Gasteiger partial charge in [-0.25, -0.2) is 9.59 Å². The van der Waals surface area contributed by atoms with Gasteiger partial charge >= 0.3 is 11.9 Å². The van der Waals surface area contributed by atoms with E-state index in [-0.39, 0.29) is 12.3 Å². The highest BCUT2D eigenvalue weighted by atomic mass is 35.5. The topological polar surface area (TPSA) is 94.4 Å². The molecule has 0 aliphatic carbocycles. The van der Waals surface area contributed by atoms with Gasteiger partial charge in [0.25, 0.3) is 0 Å². The van der Waals surface area contributed by atoms with Crippen LogP contribution in [0.15, 0.2) is 34.9 Å². The third-order valence-corrected chi connectivity index (χ3v) is 4.33. The summed E-state index contributed by atoms with van der Waals surface area (Å²) >= 11 is 5.87. The smallest absolute Gasteiger partial charge is 0.355 e. The number of ether oxygens (including phenoxy) is 2. The van der Waals surface area contributed by atoms with Crippen LogP contribution in [0, 0.1) is 13.8 Å². The largest absolute Gasteiger partial charge is 0.465 e. The molecule has 140 valence electrons. The predicted octanol–water partition coefficient (Wildman–Crippen LogP) is 4.08. The van der Waals surface area contributed by atoms with Crippen molar-refractivity contribution >= 4 is 23.5 Å². The average Bonchev–Trinajstić information content (AvgIpc) is 3.24. The Morgan fingerprint density at radius 1 is 1.19 bits per heavy atom. The second kappa shape index (κ2) is 7.67. The third-order valence-electron chi connectivity index (χ3n) is 4.08. The zero-order valence-corrected chi connectivity index (χ0v) is 15.7. The van der Waals surface area contributed by atoms with Gasteiger partial charge in [-0.05, 0) is 31.5 Å². The van der Waals surface area contributed by atoms with E-state index < -0.39 is 11.9 Å². The molecular weight excluding hydrogens is 372 g/mol. The highest BCUT2D eigenvalue weighted by molar-refractivity contribution is 6.30. The van der Waals surface area contributed by atoms with Crippen molar-refractivity contribution in [3.63, 3.8) is 0 Å². The molecule has 0 aliphatic heterocycles. The molecule has 3 aromatic rings. The van der Waals surface area contributed by atoms with E-state index >= 15 is 0 Å². The first-order valence-corrected chi connectivity index (χ1v) is 8.44. The molecular formula is C19H17ClN2O5. The standard InChI is InChI=1S/C19H17ClN2O5/c1-10-16(18(23)25-3)11(2)21-17(10)19(24)26-9-14-8-15(22-27-14)12-4-6-13(20)7-5-12/h4-8,21H,9H2,1-3H3. The van der Waals surface area contributed by atoms with Crippen LogP contribution >= 0.6 is 11.6 Å². The Morgan fingerprint density at radius 2 is 1.89 bits per heavy atom. The summed E-state index contributed by atoms with van der Waals surface area (Å²) in [5, 5.41) is 4.58. The summed E-state index contributed by atoms with van der Waals surface area (Å²) in [7, 11) is 1.29. The molecule has 0 saturated carbocycles. The molecule has 0 saturated heterocycles. The number of nitrogens with zero attached hydrogens (tertiary/aromatic N) is 1. The number of aromatic nitrogens is 2. The van der Waals surface area contributed by atoms with E-state index in [1.165, 1.54) is 7.11 Å². The summed E-state index contributed by atoms with van der Waals surface area (Å²) < 4.78 is 15.2. The number of aryl methyl sites for hydroxylation is 1. The van der Waals surface area contributed by atoms with Crippen LogP contribution in [0.5, 0.6) is 0 Å². The minimum absolute atomic E-state index is 0.0928. The summed E-state index contributed by atoms with van der Waals surface area (Å²) in [4.78, 5) is 27.0. The number of carbonyl (C=O) groups is 2. The maximum absolute atomic E-state index is 12.3. The number of hydrogen-bond acceptors (Lipinski definition) is 6. The molecule has 0 aliphatic rings. The molecule has 2 aromatic heterocycles. The molecule has 3 rings (SSSR count). The van der Waals surface area contributed by atoms with Crippen LogP contribution in [-0.2, 0) is 16.1 Å². The lowest BCUT2D eigenvalue weighted by Crippen LogP contribution is -2.08. The number of hydrogen-bond donors (Lipinski definition) is 1. The lowest BCUT2D eigenvalue weighted by Gasteiger charge is -2.02. The van der Waals surface area contributed by atoms with E-state index in [0.29, 0.717) is 33.3 Å². The molecule has 27 heavy (non-hydrogen) atoms. The fourth-order valence-corrected chi connectivity index (χ4v) is 2.83. The Balaban J connectivity index is 1.70. The third kappa shape index (κ3) is 3.88. The molecule has 1 aromatic carbocycles. The van der Waals surface area contributed by atoms with Crippen LogP contribution in [0.25, 0.3) is 11.3 Å². The number of H-pyrrole nitrogens is 1. The van der Waals surface area contributed by atoms with Gasteiger partial charge in [-0.1, -0.05) is 28.9 Å². The minimum atomic E-state index is -0.602. The van der Waals surface area contributed by atoms with Gasteiger partial charge in [0.05, 0.1) is 12.7 Å². The van der Waals surface area contributed by atoms with Crippen LogP contribution in [-0.4, -0.2) is 29.2 Å². The number of nitrogens with one attached hydrogen (secondary N) is 1. The lowest BCUT2D eigenvalue weighted by molar-refractivity contribution is 0.0430. The number of esters is 2. The Bertz CT molecular complexity index is 988. The van der Waals surface area contributed by atoms with E-state index in [4.69, 9.17) is 25.6 Å². The first-order chi connectivity index (χ1) is 12.9. The monoisotopic (exact) mass is 388 g/mol. The van der Waals surface area contributed by atoms with Crippen LogP contribution in [0.2, 0.25) is 5.02 Å². The maximum atomic E-state index is 12.3. The first kappa shape index (κ1) is 18.7. The zero-order valence-electron chi connectivity index (χ0n) is 15.0. The second-order valence-corrected chi connectivity index (χ2v) is 6.31. The van der Waals surface area contributed by atoms with Gasteiger partial charge in [0.1, 0.15) is 11.4 Å². The molecule has 1 N–H and O–H groups in total. The number of rotatable bonds is 5. The van der Waals surface area contributed by atoms with Crippen molar-refractivity contribution in [1.82, 2.24) is 10.1 Å². The number of methoxy groups -OCH3 is 1. The number of halogens is 1. The summed E-state index contributed by atoms with van der Waals surface area (Å²) in [5.74, 6) is -0.722. The van der Waals surface area contributed by atoms with E-state index in [0.717, 1.165) is 5.56 Å². The normalized spacial score (nSPS) is 10.7. The molecule has 0 bridgehead atoms. The molecule has 0 unspecified atom stereocenters. The minimum Gasteiger partial charge on any atom is -0.465 e. The predicted molar refractivity (Wildman–Crippen MR) is 97.7 cm³/mol. The van der Waals surface area contributed by atoms with Gasteiger partial charge in [-0.3, -0.25) is 0 Å².